The number of aromatic nitrogens is 5. The molecule has 0 saturated heterocycles. The van der Waals surface area contributed by atoms with E-state index in [1.807, 2.05) is 25.1 Å². The fourth-order valence-corrected chi connectivity index (χ4v) is 3.28. The molecule has 0 spiro atoms. The van der Waals surface area contributed by atoms with Crippen LogP contribution in [-0.4, -0.2) is 25.0 Å². The number of nitrogen functional groups attached to an aromatic ring is 1. The van der Waals surface area contributed by atoms with Crippen molar-refractivity contribution in [2.45, 2.75) is 17.8 Å². The summed E-state index contributed by atoms with van der Waals surface area (Å²) in [5.41, 5.74) is 1.49. The summed E-state index contributed by atoms with van der Waals surface area (Å²) in [4.78, 5) is 4.36. The van der Waals surface area contributed by atoms with Crippen molar-refractivity contribution >= 4 is 23.4 Å². The van der Waals surface area contributed by atoms with Gasteiger partial charge in [-0.3, -0.25) is 0 Å². The van der Waals surface area contributed by atoms with Crippen LogP contribution in [0, 0.1) is 6.92 Å². The first-order valence-electron chi connectivity index (χ1n) is 7.58. The van der Waals surface area contributed by atoms with Crippen molar-refractivity contribution < 1.29 is 8.94 Å². The lowest BCUT2D eigenvalue weighted by Crippen LogP contribution is -2.11. The van der Waals surface area contributed by atoms with Crippen LogP contribution in [0.1, 0.15) is 11.6 Å². The van der Waals surface area contributed by atoms with Crippen LogP contribution in [0.15, 0.2) is 50.7 Å². The lowest BCUT2D eigenvalue weighted by Gasteiger charge is -2.01. The van der Waals surface area contributed by atoms with Crippen molar-refractivity contribution in [3.8, 4) is 22.8 Å². The Labute approximate surface area is 157 Å². The summed E-state index contributed by atoms with van der Waals surface area (Å²) in [6.07, 6.45) is 1.59. The van der Waals surface area contributed by atoms with Crippen molar-refractivity contribution in [2.24, 2.45) is 0 Å². The van der Waals surface area contributed by atoms with Gasteiger partial charge in [0.15, 0.2) is 11.6 Å². The van der Waals surface area contributed by atoms with Crippen LogP contribution in [0.3, 0.4) is 0 Å². The normalized spacial score (nSPS) is 11.2. The van der Waals surface area contributed by atoms with Gasteiger partial charge in [-0.2, -0.15) is 4.98 Å². The molecule has 0 amide bonds. The zero-order valence-electron chi connectivity index (χ0n) is 13.6. The molecule has 0 atom stereocenters. The number of hydrogen-bond acceptors (Lipinski definition) is 8. The smallest absolute Gasteiger partial charge is 0.259 e. The number of aryl methyl sites for hydroxylation is 1. The van der Waals surface area contributed by atoms with Gasteiger partial charge in [-0.15, -0.1) is 10.2 Å². The highest BCUT2D eigenvalue weighted by atomic mass is 35.5. The van der Waals surface area contributed by atoms with Gasteiger partial charge < -0.3 is 14.8 Å². The number of rotatable bonds is 5. The second kappa shape index (κ2) is 6.85. The summed E-state index contributed by atoms with van der Waals surface area (Å²) in [5.74, 6) is 8.65. The Morgan fingerprint density at radius 1 is 1.19 bits per heavy atom. The van der Waals surface area contributed by atoms with Crippen LogP contribution < -0.4 is 5.84 Å². The molecule has 8 nitrogen and oxygen atoms in total. The molecule has 0 aliphatic rings. The van der Waals surface area contributed by atoms with Crippen LogP contribution in [-0.2, 0) is 5.75 Å². The molecule has 132 valence electrons. The first kappa shape index (κ1) is 16.7. The van der Waals surface area contributed by atoms with Crippen molar-refractivity contribution in [3.05, 3.63) is 53.2 Å². The molecule has 0 unspecified atom stereocenters. The predicted molar refractivity (Wildman–Crippen MR) is 96.9 cm³/mol. The van der Waals surface area contributed by atoms with Gasteiger partial charge in [0.05, 0.1) is 28.2 Å². The van der Waals surface area contributed by atoms with Gasteiger partial charge in [0, 0.05) is 0 Å². The summed E-state index contributed by atoms with van der Waals surface area (Å²) in [6, 6.07) is 9.09. The van der Waals surface area contributed by atoms with E-state index < -0.39 is 0 Å². The lowest BCUT2D eigenvalue weighted by molar-refractivity contribution is 0.425. The molecule has 0 saturated carbocycles. The Morgan fingerprint density at radius 2 is 2.04 bits per heavy atom. The fraction of sp³-hybridized carbons (Fsp3) is 0.125. The second-order valence-electron chi connectivity index (χ2n) is 5.35. The molecule has 26 heavy (non-hydrogen) atoms. The number of benzene rings is 1. The Kier molecular flexibility index (Phi) is 4.39. The number of hydrogen-bond donors (Lipinski definition) is 1. The van der Waals surface area contributed by atoms with Gasteiger partial charge in [0.25, 0.3) is 5.89 Å². The van der Waals surface area contributed by atoms with E-state index in [9.17, 15) is 0 Å². The van der Waals surface area contributed by atoms with Gasteiger partial charge in [0.1, 0.15) is 5.76 Å². The third kappa shape index (κ3) is 3.06. The number of nitrogens with two attached hydrogens (primary N) is 1. The average molecular weight is 389 g/mol. The monoisotopic (exact) mass is 388 g/mol. The molecule has 4 aromatic rings. The maximum atomic E-state index is 6.15. The fourth-order valence-electron chi connectivity index (χ4n) is 2.36. The van der Waals surface area contributed by atoms with E-state index in [4.69, 9.17) is 26.4 Å². The molecule has 0 fully saturated rings. The molecule has 3 heterocycles. The predicted octanol–water partition coefficient (Wildman–Crippen LogP) is 3.56. The van der Waals surface area contributed by atoms with Gasteiger partial charge in [0.2, 0.25) is 5.16 Å². The van der Waals surface area contributed by atoms with Crippen molar-refractivity contribution in [1.29, 1.82) is 0 Å². The molecule has 10 heteroatoms. The molecule has 0 aliphatic heterocycles. The van der Waals surface area contributed by atoms with E-state index >= 15 is 0 Å². The summed E-state index contributed by atoms with van der Waals surface area (Å²) in [5, 5.41) is 13.3. The first-order valence-corrected chi connectivity index (χ1v) is 8.95. The van der Waals surface area contributed by atoms with Gasteiger partial charge in [-0.1, -0.05) is 40.7 Å². The highest BCUT2D eigenvalue weighted by Gasteiger charge is 2.17. The number of thioether (sulfide) groups is 1. The van der Waals surface area contributed by atoms with Crippen molar-refractivity contribution in [1.82, 2.24) is 25.0 Å². The standard InChI is InChI=1S/C16H13ClN6O2S/c1-9-10(6-7-24-9)14-20-21-16(23(14)18)26-8-13-19-15(25-22-13)11-4-2-3-5-12(11)17/h2-7H,8,18H2,1H3. The van der Waals surface area contributed by atoms with E-state index in [2.05, 4.69) is 20.3 Å². The van der Waals surface area contributed by atoms with E-state index in [0.29, 0.717) is 39.0 Å². The first-order chi connectivity index (χ1) is 12.6. The largest absolute Gasteiger partial charge is 0.469 e. The number of halogens is 1. The molecule has 0 aliphatic carbocycles. The SMILES string of the molecule is Cc1occc1-c1nnc(SCc2noc(-c3ccccc3Cl)n2)n1N. The van der Waals surface area contributed by atoms with Crippen molar-refractivity contribution in [3.63, 3.8) is 0 Å². The van der Waals surface area contributed by atoms with Gasteiger partial charge in [-0.25, -0.2) is 4.68 Å². The Hall–Kier alpha value is -2.78. The Bertz CT molecular complexity index is 1060. The van der Waals surface area contributed by atoms with Crippen LogP contribution >= 0.6 is 23.4 Å². The maximum absolute atomic E-state index is 6.15. The summed E-state index contributed by atoms with van der Waals surface area (Å²) in [7, 11) is 0. The molecule has 4 rings (SSSR count). The number of furan rings is 1. The van der Waals surface area contributed by atoms with E-state index in [1.54, 1.807) is 18.4 Å². The Morgan fingerprint density at radius 3 is 2.81 bits per heavy atom. The van der Waals surface area contributed by atoms with Crippen LogP contribution in [0.25, 0.3) is 22.8 Å². The number of nitrogens with zero attached hydrogens (tertiary/aromatic N) is 5. The maximum Gasteiger partial charge on any atom is 0.259 e. The van der Waals surface area contributed by atoms with E-state index in [-0.39, 0.29) is 0 Å². The minimum atomic E-state index is 0.370. The molecule has 3 aromatic heterocycles. The molecular weight excluding hydrogens is 376 g/mol. The molecule has 2 N–H and O–H groups in total. The van der Waals surface area contributed by atoms with Gasteiger partial charge in [-0.05, 0) is 25.1 Å². The minimum absolute atomic E-state index is 0.370. The minimum Gasteiger partial charge on any atom is -0.469 e. The molecular formula is C16H13ClN6O2S. The summed E-state index contributed by atoms with van der Waals surface area (Å²) >= 11 is 7.50. The highest BCUT2D eigenvalue weighted by molar-refractivity contribution is 7.98. The average Bonchev–Trinajstić information content (AvgIpc) is 3.34. The van der Waals surface area contributed by atoms with Crippen LogP contribution in [0.2, 0.25) is 5.02 Å². The van der Waals surface area contributed by atoms with E-state index in [1.165, 1.54) is 16.4 Å². The molecule has 0 radical (unpaired) electrons. The lowest BCUT2D eigenvalue weighted by atomic mass is 10.2. The van der Waals surface area contributed by atoms with Crippen LogP contribution in [0.4, 0.5) is 0 Å². The quantitative estimate of drug-likeness (QED) is 0.408. The second-order valence-corrected chi connectivity index (χ2v) is 6.70. The third-order valence-corrected chi connectivity index (χ3v) is 4.94. The molecule has 1 aromatic carbocycles. The van der Waals surface area contributed by atoms with Crippen LogP contribution in [0.5, 0.6) is 0 Å². The zero-order valence-corrected chi connectivity index (χ0v) is 15.2. The highest BCUT2D eigenvalue weighted by Crippen LogP contribution is 2.28. The summed E-state index contributed by atoms with van der Waals surface area (Å²) in [6.45, 7) is 1.84. The van der Waals surface area contributed by atoms with Gasteiger partial charge >= 0.3 is 0 Å². The van der Waals surface area contributed by atoms with E-state index in [0.717, 1.165) is 11.3 Å². The Balaban J connectivity index is 1.50. The molecule has 0 bridgehead atoms. The van der Waals surface area contributed by atoms with Crippen molar-refractivity contribution in [2.75, 3.05) is 5.84 Å². The third-order valence-electron chi connectivity index (χ3n) is 3.67. The topological polar surface area (TPSA) is 109 Å². The summed E-state index contributed by atoms with van der Waals surface area (Å²) < 4.78 is 12.0. The zero-order chi connectivity index (χ0) is 18.1.